The first-order chi connectivity index (χ1) is 10.1. The van der Waals surface area contributed by atoms with Gasteiger partial charge in [-0.15, -0.1) is 0 Å². The lowest BCUT2D eigenvalue weighted by Crippen LogP contribution is -2.33. The van der Waals surface area contributed by atoms with Crippen LogP contribution in [0.2, 0.25) is 0 Å². The van der Waals surface area contributed by atoms with Crippen LogP contribution in [0.15, 0.2) is 36.9 Å². The lowest BCUT2D eigenvalue weighted by atomic mass is 10.1. The molecule has 4 heteroatoms. The smallest absolute Gasteiger partial charge is 0.241 e. The fraction of sp³-hybridized carbons (Fsp3) is 0.471. The zero-order chi connectivity index (χ0) is 15.0. The van der Waals surface area contributed by atoms with Gasteiger partial charge in [-0.1, -0.05) is 31.7 Å². The summed E-state index contributed by atoms with van der Waals surface area (Å²) in [6, 6.07) is 8.23. The van der Waals surface area contributed by atoms with Crippen molar-refractivity contribution in [1.29, 1.82) is 0 Å². The van der Waals surface area contributed by atoms with Gasteiger partial charge in [-0.05, 0) is 37.0 Å². The Kier molecular flexibility index (Phi) is 3.72. The van der Waals surface area contributed by atoms with Crippen LogP contribution in [0.4, 0.5) is 0 Å². The first-order valence-corrected chi connectivity index (χ1v) is 7.53. The molecule has 4 unspecified atom stereocenters. The Hall–Kier alpha value is -1.81. The van der Waals surface area contributed by atoms with E-state index in [-0.39, 0.29) is 18.1 Å². The molecule has 1 amide bonds. The van der Waals surface area contributed by atoms with Crippen molar-refractivity contribution >= 4 is 5.91 Å². The molecular weight excluding hydrogens is 264 g/mol. The summed E-state index contributed by atoms with van der Waals surface area (Å²) >= 11 is 0. The van der Waals surface area contributed by atoms with E-state index in [9.17, 15) is 4.79 Å². The van der Waals surface area contributed by atoms with Gasteiger partial charge in [0.15, 0.2) is 0 Å². The zero-order valence-electron chi connectivity index (χ0n) is 12.6. The van der Waals surface area contributed by atoms with E-state index in [0.717, 1.165) is 17.7 Å². The molecule has 0 bridgehead atoms. The first kappa shape index (κ1) is 14.1. The predicted molar refractivity (Wildman–Crippen MR) is 81.9 cm³/mol. The second-order valence-corrected chi connectivity index (χ2v) is 5.99. The summed E-state index contributed by atoms with van der Waals surface area (Å²) in [7, 11) is 0. The Labute approximate surface area is 125 Å². The Morgan fingerprint density at radius 3 is 2.62 bits per heavy atom. The number of hydrogen-bond donors (Lipinski definition) is 1. The molecule has 1 heterocycles. The Bertz CT molecular complexity index is 540. The van der Waals surface area contributed by atoms with Crippen molar-refractivity contribution in [3.63, 3.8) is 0 Å². The molecule has 3 rings (SSSR count). The van der Waals surface area contributed by atoms with Crippen molar-refractivity contribution in [3.05, 3.63) is 42.5 Å². The maximum absolute atomic E-state index is 12.4. The minimum Gasteiger partial charge on any atom is -0.490 e. The van der Waals surface area contributed by atoms with Crippen molar-refractivity contribution in [2.24, 2.45) is 5.92 Å². The van der Waals surface area contributed by atoms with Gasteiger partial charge in [0.2, 0.25) is 5.91 Å². The summed E-state index contributed by atoms with van der Waals surface area (Å²) in [6.45, 7) is 8.27. The summed E-state index contributed by atoms with van der Waals surface area (Å²) in [5.41, 5.74) is 1.11. The van der Waals surface area contributed by atoms with E-state index in [0.29, 0.717) is 18.6 Å². The fourth-order valence-corrected chi connectivity index (χ4v) is 2.94. The van der Waals surface area contributed by atoms with Crippen LogP contribution in [0.5, 0.6) is 5.75 Å². The highest BCUT2D eigenvalue weighted by atomic mass is 16.5. The van der Waals surface area contributed by atoms with Gasteiger partial charge in [-0.25, -0.2) is 0 Å². The molecule has 1 aliphatic heterocycles. The van der Waals surface area contributed by atoms with E-state index >= 15 is 0 Å². The average Bonchev–Trinajstić information content (AvgIpc) is 3.13. The Morgan fingerprint density at radius 2 is 2.05 bits per heavy atom. The minimum atomic E-state index is -0.112. The van der Waals surface area contributed by atoms with E-state index in [4.69, 9.17) is 4.74 Å². The van der Waals surface area contributed by atoms with E-state index < -0.39 is 0 Å². The molecule has 112 valence electrons. The van der Waals surface area contributed by atoms with Crippen molar-refractivity contribution in [1.82, 2.24) is 10.2 Å². The lowest BCUT2D eigenvalue weighted by Gasteiger charge is -2.25. The monoisotopic (exact) mass is 286 g/mol. The predicted octanol–water partition coefficient (Wildman–Crippen LogP) is 2.48. The van der Waals surface area contributed by atoms with Crippen LogP contribution in [0.1, 0.15) is 32.0 Å². The third kappa shape index (κ3) is 2.68. The summed E-state index contributed by atoms with van der Waals surface area (Å²) in [4.78, 5) is 14.4. The summed E-state index contributed by atoms with van der Waals surface area (Å²) in [6.07, 6.45) is 2.82. The molecule has 4 atom stereocenters. The number of benzene rings is 1. The molecule has 1 saturated carbocycles. The average molecular weight is 286 g/mol. The quantitative estimate of drug-likeness (QED) is 0.846. The number of nitrogens with zero attached hydrogens (tertiary/aromatic N) is 1. The van der Waals surface area contributed by atoms with Gasteiger partial charge in [0.05, 0.1) is 6.04 Å². The van der Waals surface area contributed by atoms with Gasteiger partial charge >= 0.3 is 0 Å². The normalized spacial score (nSPS) is 31.3. The molecule has 1 aliphatic carbocycles. The van der Waals surface area contributed by atoms with Crippen LogP contribution in [0.25, 0.3) is 0 Å². The van der Waals surface area contributed by atoms with Crippen LogP contribution >= 0.6 is 0 Å². The topological polar surface area (TPSA) is 41.6 Å². The molecule has 2 aliphatic rings. The number of carbonyl (C=O) groups is 1. The van der Waals surface area contributed by atoms with Crippen LogP contribution < -0.4 is 10.1 Å². The number of amides is 1. The van der Waals surface area contributed by atoms with E-state index in [1.807, 2.05) is 36.1 Å². The Balaban J connectivity index is 1.78. The first-order valence-electron chi connectivity index (χ1n) is 7.53. The molecule has 4 nitrogen and oxygen atoms in total. The summed E-state index contributed by atoms with van der Waals surface area (Å²) in [5.74, 6) is 1.64. The van der Waals surface area contributed by atoms with Crippen LogP contribution in [0.3, 0.4) is 0 Å². The highest BCUT2D eigenvalue weighted by Crippen LogP contribution is 2.41. The zero-order valence-corrected chi connectivity index (χ0v) is 12.6. The van der Waals surface area contributed by atoms with Crippen molar-refractivity contribution in [2.45, 2.75) is 38.5 Å². The molecule has 0 aromatic heterocycles. The fourth-order valence-electron chi connectivity index (χ4n) is 2.94. The largest absolute Gasteiger partial charge is 0.490 e. The second kappa shape index (κ2) is 5.53. The second-order valence-electron chi connectivity index (χ2n) is 5.99. The van der Waals surface area contributed by atoms with E-state index in [1.54, 1.807) is 6.08 Å². The standard InChI is InChI=1S/C17H22N2O2/c1-4-9-21-14-7-5-13(6-8-14)16-18-12(3)17(20)19(16)15-10-11(15)2/h4-8,11-12,15-16,18H,1,9-10H2,2-3H3. The summed E-state index contributed by atoms with van der Waals surface area (Å²) in [5, 5.41) is 3.39. The molecule has 1 aromatic carbocycles. The molecule has 0 radical (unpaired) electrons. The SMILES string of the molecule is C=CCOc1ccc(C2NC(C)C(=O)N2C2CC2C)cc1. The van der Waals surface area contributed by atoms with Gasteiger partial charge in [-0.2, -0.15) is 0 Å². The molecule has 2 fully saturated rings. The number of carbonyl (C=O) groups excluding carboxylic acids is 1. The van der Waals surface area contributed by atoms with Crippen molar-refractivity contribution in [3.8, 4) is 5.75 Å². The minimum absolute atomic E-state index is 0.0177. The highest BCUT2D eigenvalue weighted by Gasteiger charge is 2.49. The van der Waals surface area contributed by atoms with Gasteiger partial charge in [-0.3, -0.25) is 10.1 Å². The molecule has 0 spiro atoms. The third-order valence-corrected chi connectivity index (χ3v) is 4.30. The molecule has 21 heavy (non-hydrogen) atoms. The van der Waals surface area contributed by atoms with Gasteiger partial charge < -0.3 is 9.64 Å². The number of hydrogen-bond acceptors (Lipinski definition) is 3. The molecule has 1 saturated heterocycles. The summed E-state index contributed by atoms with van der Waals surface area (Å²) < 4.78 is 5.50. The van der Waals surface area contributed by atoms with Gasteiger partial charge in [0, 0.05) is 6.04 Å². The molecule has 1 aromatic rings. The highest BCUT2D eigenvalue weighted by molar-refractivity contribution is 5.84. The maximum Gasteiger partial charge on any atom is 0.241 e. The van der Waals surface area contributed by atoms with Crippen molar-refractivity contribution < 1.29 is 9.53 Å². The third-order valence-electron chi connectivity index (χ3n) is 4.30. The van der Waals surface area contributed by atoms with Crippen LogP contribution in [-0.4, -0.2) is 29.5 Å². The van der Waals surface area contributed by atoms with Gasteiger partial charge in [0.25, 0.3) is 0 Å². The van der Waals surface area contributed by atoms with Crippen LogP contribution in [-0.2, 0) is 4.79 Å². The number of rotatable bonds is 5. The van der Waals surface area contributed by atoms with Gasteiger partial charge in [0.1, 0.15) is 18.5 Å². The maximum atomic E-state index is 12.4. The van der Waals surface area contributed by atoms with E-state index in [2.05, 4.69) is 18.8 Å². The number of nitrogens with one attached hydrogen (secondary N) is 1. The van der Waals surface area contributed by atoms with Crippen LogP contribution in [0, 0.1) is 5.92 Å². The Morgan fingerprint density at radius 1 is 1.38 bits per heavy atom. The number of ether oxygens (including phenoxy) is 1. The van der Waals surface area contributed by atoms with E-state index in [1.165, 1.54) is 0 Å². The van der Waals surface area contributed by atoms with Crippen molar-refractivity contribution in [2.75, 3.05) is 6.61 Å². The molecular formula is C17H22N2O2. The molecule has 1 N–H and O–H groups in total. The lowest BCUT2D eigenvalue weighted by molar-refractivity contribution is -0.130.